The maximum atomic E-state index is 13.6. The maximum absolute atomic E-state index is 13.6. The Morgan fingerprint density at radius 3 is 2.40 bits per heavy atom. The van der Waals surface area contributed by atoms with E-state index < -0.39 is 39.9 Å². The Bertz CT molecular complexity index is 2060. The van der Waals surface area contributed by atoms with Crippen molar-refractivity contribution < 1.29 is 23.1 Å². The second-order valence-corrected chi connectivity index (χ2v) is 13.2. The number of hydrogen-bond acceptors (Lipinski definition) is 7. The number of benzene rings is 3. The molecule has 0 bridgehead atoms. The fourth-order valence-corrected chi connectivity index (χ4v) is 7.07. The molecule has 0 radical (unpaired) electrons. The van der Waals surface area contributed by atoms with Crippen molar-refractivity contribution in [3.05, 3.63) is 113 Å². The number of aliphatic carboxylic acids is 1. The molecule has 1 unspecified atom stereocenters. The second-order valence-electron chi connectivity index (χ2n) is 11.5. The zero-order valence-electron chi connectivity index (χ0n) is 25.3. The van der Waals surface area contributed by atoms with Crippen LogP contribution in [0.2, 0.25) is 0 Å². The Balaban J connectivity index is 1.20. The number of carboxylic acid groups (broad SMARTS) is 1. The van der Waals surface area contributed by atoms with E-state index in [1.165, 1.54) is 18.3 Å². The van der Waals surface area contributed by atoms with Gasteiger partial charge < -0.3 is 25.3 Å². The van der Waals surface area contributed by atoms with Gasteiger partial charge in [0.15, 0.2) is 5.95 Å². The highest BCUT2D eigenvalue weighted by Crippen LogP contribution is 2.32. The lowest BCUT2D eigenvalue weighted by Crippen LogP contribution is -2.48. The first kappa shape index (κ1) is 31.7. The Hall–Kier alpha value is -5.27. The van der Waals surface area contributed by atoms with Gasteiger partial charge in [-0.25, -0.2) is 13.4 Å². The van der Waals surface area contributed by atoms with Crippen LogP contribution in [0.4, 0.5) is 5.95 Å². The summed E-state index contributed by atoms with van der Waals surface area (Å²) in [4.78, 5) is 46.1. The van der Waals surface area contributed by atoms with E-state index in [-0.39, 0.29) is 16.5 Å². The highest BCUT2D eigenvalue weighted by atomic mass is 32.2. The average molecular weight is 655 g/mol. The molecule has 0 aliphatic heterocycles. The van der Waals surface area contributed by atoms with Crippen molar-refractivity contribution in [3.63, 3.8) is 0 Å². The predicted molar refractivity (Wildman–Crippen MR) is 178 cm³/mol. The number of nitrogens with one attached hydrogen (secondary N) is 4. The molecule has 0 spiro atoms. The summed E-state index contributed by atoms with van der Waals surface area (Å²) in [5.74, 6) is -1.65. The van der Waals surface area contributed by atoms with Crippen molar-refractivity contribution in [1.29, 1.82) is 0 Å². The first-order chi connectivity index (χ1) is 22.7. The van der Waals surface area contributed by atoms with Crippen molar-refractivity contribution in [1.82, 2.24) is 24.6 Å². The van der Waals surface area contributed by atoms with Gasteiger partial charge in [-0.3, -0.25) is 14.4 Å². The third kappa shape index (κ3) is 7.11. The summed E-state index contributed by atoms with van der Waals surface area (Å²) in [6, 6.07) is 19.3. The lowest BCUT2D eigenvalue weighted by atomic mass is 10.1. The number of aromatic nitrogens is 3. The quantitative estimate of drug-likeness (QED) is 0.132. The number of anilines is 1. The van der Waals surface area contributed by atoms with Crippen LogP contribution < -0.4 is 20.8 Å². The molecule has 1 atom stereocenters. The molecule has 5 N–H and O–H groups in total. The molecule has 12 nitrogen and oxygen atoms in total. The summed E-state index contributed by atoms with van der Waals surface area (Å²) in [6.45, 7) is -0.109. The first-order valence-corrected chi connectivity index (χ1v) is 16.8. The number of amides is 1. The number of imidazole rings is 1. The van der Waals surface area contributed by atoms with E-state index in [1.807, 2.05) is 47.0 Å². The van der Waals surface area contributed by atoms with Gasteiger partial charge in [0, 0.05) is 43.1 Å². The SMILES string of the molecule is O=C(NCC(NS(=O)(=O)c1ccc(-c2ccccc2)cc1)C(=O)O)c1cn(C2CCCC2)c2cc(CNc3ncc[nH]3)ccc2c1=O. The molecule has 2 aromatic heterocycles. The van der Waals surface area contributed by atoms with E-state index in [1.54, 1.807) is 30.6 Å². The largest absolute Gasteiger partial charge is 0.480 e. The molecule has 1 aliphatic carbocycles. The van der Waals surface area contributed by atoms with E-state index in [0.717, 1.165) is 42.4 Å². The number of sulfonamides is 1. The molecule has 3 aromatic carbocycles. The van der Waals surface area contributed by atoms with Gasteiger partial charge in [-0.05, 0) is 53.8 Å². The predicted octanol–water partition coefficient (Wildman–Crippen LogP) is 4.28. The van der Waals surface area contributed by atoms with E-state index in [9.17, 15) is 27.9 Å². The lowest BCUT2D eigenvalue weighted by Gasteiger charge is -2.20. The number of carbonyl (C=O) groups excluding carboxylic acids is 1. The molecular formula is C34H34N6O6S. The van der Waals surface area contributed by atoms with Crippen molar-refractivity contribution in [2.75, 3.05) is 11.9 Å². The summed E-state index contributed by atoms with van der Waals surface area (Å²) in [5, 5.41) is 15.9. The second kappa shape index (κ2) is 13.6. The number of carbonyl (C=O) groups is 2. The maximum Gasteiger partial charge on any atom is 0.323 e. The van der Waals surface area contributed by atoms with Crippen LogP contribution in [0, 0.1) is 0 Å². The molecule has 13 heteroatoms. The number of pyridine rings is 1. The third-order valence-corrected chi connectivity index (χ3v) is 9.84. The standard InChI is InChI=1S/C34H34N6O6S/c41-31-27-15-10-22(19-38-34-35-16-17-36-34)18-30(27)40(25-8-4-5-9-25)21-28(31)32(42)37-20-29(33(43)44)39-47(45,46)26-13-11-24(12-14-26)23-6-2-1-3-7-23/h1-3,6-7,10-18,21,25,29,39H,4-5,8-9,19-20H2,(H,37,42)(H,43,44)(H2,35,36,38). The van der Waals surface area contributed by atoms with E-state index in [2.05, 4.69) is 25.3 Å². The zero-order chi connectivity index (χ0) is 33.0. The molecule has 1 saturated carbocycles. The van der Waals surface area contributed by atoms with Crippen LogP contribution in [0.15, 0.2) is 101 Å². The minimum absolute atomic E-state index is 0.0878. The van der Waals surface area contributed by atoms with Gasteiger partial charge in [0.1, 0.15) is 11.6 Å². The number of rotatable bonds is 12. The summed E-state index contributed by atoms with van der Waals surface area (Å²) >= 11 is 0. The van der Waals surface area contributed by atoms with E-state index in [0.29, 0.717) is 23.4 Å². The number of H-pyrrole nitrogens is 1. The Kier molecular flexibility index (Phi) is 9.18. The van der Waals surface area contributed by atoms with Crippen molar-refractivity contribution in [3.8, 4) is 11.1 Å². The van der Waals surface area contributed by atoms with Crippen LogP contribution in [-0.2, 0) is 21.4 Å². The molecule has 47 heavy (non-hydrogen) atoms. The fourth-order valence-electron chi connectivity index (χ4n) is 5.88. The Labute approximate surface area is 270 Å². The van der Waals surface area contributed by atoms with Crippen LogP contribution in [0.25, 0.3) is 22.0 Å². The molecule has 6 rings (SSSR count). The smallest absolute Gasteiger partial charge is 0.323 e. The van der Waals surface area contributed by atoms with E-state index >= 15 is 0 Å². The number of nitrogens with zero attached hydrogens (tertiary/aromatic N) is 2. The highest BCUT2D eigenvalue weighted by Gasteiger charge is 2.28. The lowest BCUT2D eigenvalue weighted by molar-refractivity contribution is -0.138. The van der Waals surface area contributed by atoms with Gasteiger partial charge in [0.05, 0.1) is 10.4 Å². The van der Waals surface area contributed by atoms with Crippen LogP contribution in [0.3, 0.4) is 0 Å². The summed E-state index contributed by atoms with van der Waals surface area (Å²) < 4.78 is 30.3. The molecule has 5 aromatic rings. The monoisotopic (exact) mass is 654 g/mol. The van der Waals surface area contributed by atoms with Crippen molar-refractivity contribution in [2.45, 2.75) is 49.2 Å². The average Bonchev–Trinajstić information content (AvgIpc) is 3.81. The van der Waals surface area contributed by atoms with Crippen LogP contribution in [0.1, 0.15) is 47.6 Å². The third-order valence-electron chi connectivity index (χ3n) is 8.35. The van der Waals surface area contributed by atoms with Crippen LogP contribution in [-0.4, -0.2) is 52.5 Å². The summed E-state index contributed by atoms with van der Waals surface area (Å²) in [5.41, 5.74) is 2.68. The van der Waals surface area contributed by atoms with Gasteiger partial charge in [-0.1, -0.05) is 61.4 Å². The normalized spacial score (nSPS) is 14.2. The molecule has 1 amide bonds. The number of hydrogen-bond donors (Lipinski definition) is 5. The highest BCUT2D eigenvalue weighted by molar-refractivity contribution is 7.89. The minimum Gasteiger partial charge on any atom is -0.480 e. The molecule has 2 heterocycles. The fraction of sp³-hybridized carbons (Fsp3) is 0.235. The summed E-state index contributed by atoms with van der Waals surface area (Å²) in [7, 11) is -4.25. The van der Waals surface area contributed by atoms with Gasteiger partial charge >= 0.3 is 5.97 Å². The molecule has 1 aliphatic rings. The zero-order valence-corrected chi connectivity index (χ0v) is 26.2. The first-order valence-electron chi connectivity index (χ1n) is 15.3. The molecule has 1 fully saturated rings. The van der Waals surface area contributed by atoms with Crippen molar-refractivity contribution in [2.24, 2.45) is 0 Å². The molecular weight excluding hydrogens is 620 g/mol. The van der Waals surface area contributed by atoms with Gasteiger partial charge in [0.25, 0.3) is 5.91 Å². The Morgan fingerprint density at radius 1 is 1.00 bits per heavy atom. The number of aromatic amines is 1. The minimum atomic E-state index is -4.25. The number of carboxylic acids is 1. The van der Waals surface area contributed by atoms with Gasteiger partial charge in [-0.2, -0.15) is 4.72 Å². The Morgan fingerprint density at radius 2 is 1.72 bits per heavy atom. The molecule has 242 valence electrons. The van der Waals surface area contributed by atoms with E-state index in [4.69, 9.17) is 0 Å². The molecule has 0 saturated heterocycles. The van der Waals surface area contributed by atoms with Gasteiger partial charge in [0.2, 0.25) is 15.5 Å². The van der Waals surface area contributed by atoms with Gasteiger partial charge in [-0.15, -0.1) is 0 Å². The number of fused-ring (bicyclic) bond motifs is 1. The topological polar surface area (TPSA) is 175 Å². The summed E-state index contributed by atoms with van der Waals surface area (Å²) in [6.07, 6.45) is 8.72. The van der Waals surface area contributed by atoms with Crippen LogP contribution in [0.5, 0.6) is 0 Å². The van der Waals surface area contributed by atoms with Crippen LogP contribution >= 0.6 is 0 Å². The van der Waals surface area contributed by atoms with Crippen molar-refractivity contribution >= 4 is 38.8 Å².